The second kappa shape index (κ2) is 5.27. The van der Waals surface area contributed by atoms with E-state index in [0.717, 1.165) is 0 Å². The molecular weight excluding hydrogens is 250 g/mol. The highest BCUT2D eigenvalue weighted by Gasteiger charge is 2.19. The van der Waals surface area contributed by atoms with E-state index in [0.29, 0.717) is 11.4 Å². The summed E-state index contributed by atoms with van der Waals surface area (Å²) in [6, 6.07) is 6.24. The molecule has 0 unspecified atom stereocenters. The summed E-state index contributed by atoms with van der Waals surface area (Å²) in [6.07, 6.45) is 1.24. The summed E-state index contributed by atoms with van der Waals surface area (Å²) in [6.45, 7) is 1.64. The van der Waals surface area contributed by atoms with Gasteiger partial charge in [-0.3, -0.25) is 10.1 Å². The highest BCUT2D eigenvalue weighted by Crippen LogP contribution is 2.33. The lowest BCUT2D eigenvalue weighted by atomic mass is 10.2. The van der Waals surface area contributed by atoms with Crippen LogP contribution in [0.3, 0.4) is 0 Å². The Morgan fingerprint density at radius 2 is 2.21 bits per heavy atom. The maximum atomic E-state index is 11.0. The number of rotatable bonds is 4. The summed E-state index contributed by atoms with van der Waals surface area (Å²) >= 11 is 0. The van der Waals surface area contributed by atoms with E-state index < -0.39 is 4.92 Å². The van der Waals surface area contributed by atoms with E-state index in [1.165, 1.54) is 18.5 Å². The summed E-state index contributed by atoms with van der Waals surface area (Å²) in [5.74, 6) is 5.84. The number of para-hydroxylation sites is 1. The van der Waals surface area contributed by atoms with Crippen LogP contribution in [0.4, 0.5) is 11.5 Å². The zero-order chi connectivity index (χ0) is 13.8. The van der Waals surface area contributed by atoms with Gasteiger partial charge in [-0.25, -0.2) is 15.8 Å². The smallest absolute Gasteiger partial charge is 0.314 e. The van der Waals surface area contributed by atoms with Crippen molar-refractivity contribution in [3.63, 3.8) is 0 Å². The fourth-order valence-electron chi connectivity index (χ4n) is 1.54. The SMILES string of the molecule is Cc1cccc(Oc2cc(NN)ncn2)c1[N+](=O)[O-]. The predicted molar refractivity (Wildman–Crippen MR) is 67.7 cm³/mol. The van der Waals surface area contributed by atoms with Gasteiger partial charge < -0.3 is 10.2 Å². The fraction of sp³-hybridized carbons (Fsp3) is 0.0909. The van der Waals surface area contributed by atoms with Crippen molar-refractivity contribution in [3.05, 3.63) is 46.3 Å². The van der Waals surface area contributed by atoms with Gasteiger partial charge in [-0.2, -0.15) is 0 Å². The zero-order valence-corrected chi connectivity index (χ0v) is 10.0. The Morgan fingerprint density at radius 1 is 1.42 bits per heavy atom. The number of aryl methyl sites for hydroxylation is 1. The molecular formula is C11H11N5O3. The van der Waals surface area contributed by atoms with E-state index >= 15 is 0 Å². The molecule has 0 atom stereocenters. The molecule has 2 rings (SSSR count). The molecule has 0 saturated carbocycles. The summed E-state index contributed by atoms with van der Waals surface area (Å²) in [7, 11) is 0. The first-order chi connectivity index (χ1) is 9.11. The van der Waals surface area contributed by atoms with E-state index in [9.17, 15) is 10.1 Å². The minimum atomic E-state index is -0.492. The molecule has 0 spiro atoms. The molecule has 0 fully saturated rings. The van der Waals surface area contributed by atoms with Gasteiger partial charge >= 0.3 is 5.69 Å². The maximum Gasteiger partial charge on any atom is 0.314 e. The van der Waals surface area contributed by atoms with Crippen LogP contribution in [0.15, 0.2) is 30.6 Å². The summed E-state index contributed by atoms with van der Waals surface area (Å²) in [5.41, 5.74) is 2.75. The van der Waals surface area contributed by atoms with Gasteiger partial charge in [-0.1, -0.05) is 12.1 Å². The third-order valence-electron chi connectivity index (χ3n) is 2.39. The quantitative estimate of drug-likeness (QED) is 0.489. The second-order valence-electron chi connectivity index (χ2n) is 3.67. The van der Waals surface area contributed by atoms with Crippen molar-refractivity contribution in [2.45, 2.75) is 6.92 Å². The number of nitrogen functional groups attached to an aromatic ring is 1. The number of nitro groups is 1. The van der Waals surface area contributed by atoms with Gasteiger partial charge in [-0.05, 0) is 13.0 Å². The Labute approximate surface area is 108 Å². The number of nitrogens with zero attached hydrogens (tertiary/aromatic N) is 3. The maximum absolute atomic E-state index is 11.0. The largest absolute Gasteiger partial charge is 0.432 e. The molecule has 0 saturated heterocycles. The van der Waals surface area contributed by atoms with E-state index in [1.807, 2.05) is 0 Å². The highest BCUT2D eigenvalue weighted by molar-refractivity contribution is 5.53. The molecule has 98 valence electrons. The van der Waals surface area contributed by atoms with Crippen LogP contribution in [0, 0.1) is 17.0 Å². The van der Waals surface area contributed by atoms with Crippen LogP contribution in [-0.2, 0) is 0 Å². The van der Waals surface area contributed by atoms with Crippen LogP contribution in [0.1, 0.15) is 5.56 Å². The lowest BCUT2D eigenvalue weighted by Crippen LogP contribution is -2.08. The molecule has 0 aliphatic heterocycles. The first-order valence-electron chi connectivity index (χ1n) is 5.32. The molecule has 0 aliphatic rings. The van der Waals surface area contributed by atoms with Crippen LogP contribution < -0.4 is 16.0 Å². The normalized spacial score (nSPS) is 10.0. The molecule has 8 heteroatoms. The third-order valence-corrected chi connectivity index (χ3v) is 2.39. The van der Waals surface area contributed by atoms with Gasteiger partial charge in [0.15, 0.2) is 0 Å². The number of aromatic nitrogens is 2. The Hall–Kier alpha value is -2.74. The van der Waals surface area contributed by atoms with Gasteiger partial charge in [-0.15, -0.1) is 0 Å². The number of anilines is 1. The van der Waals surface area contributed by atoms with Crippen LogP contribution in [0.25, 0.3) is 0 Å². The van der Waals surface area contributed by atoms with Crippen LogP contribution in [0.2, 0.25) is 0 Å². The minimum absolute atomic E-state index is 0.0941. The molecule has 19 heavy (non-hydrogen) atoms. The Balaban J connectivity index is 2.38. The molecule has 1 heterocycles. The molecule has 8 nitrogen and oxygen atoms in total. The molecule has 0 bridgehead atoms. The lowest BCUT2D eigenvalue weighted by molar-refractivity contribution is -0.386. The number of hydrazine groups is 1. The molecule has 1 aromatic heterocycles. The molecule has 0 aliphatic carbocycles. The van der Waals surface area contributed by atoms with Crippen molar-refractivity contribution >= 4 is 11.5 Å². The molecule has 0 amide bonds. The van der Waals surface area contributed by atoms with Crippen LogP contribution in [0.5, 0.6) is 11.6 Å². The van der Waals surface area contributed by atoms with Crippen molar-refractivity contribution < 1.29 is 9.66 Å². The van der Waals surface area contributed by atoms with Crippen LogP contribution in [-0.4, -0.2) is 14.9 Å². The molecule has 1 aromatic carbocycles. The van der Waals surface area contributed by atoms with Gasteiger partial charge in [0, 0.05) is 11.6 Å². The first kappa shape index (κ1) is 12.7. The second-order valence-corrected chi connectivity index (χ2v) is 3.67. The van der Waals surface area contributed by atoms with Crippen molar-refractivity contribution in [3.8, 4) is 11.6 Å². The number of nitrogens with two attached hydrogens (primary N) is 1. The van der Waals surface area contributed by atoms with Crippen molar-refractivity contribution in [2.24, 2.45) is 5.84 Å². The zero-order valence-electron chi connectivity index (χ0n) is 10.0. The number of ether oxygens (including phenoxy) is 1. The third kappa shape index (κ3) is 2.75. The van der Waals surface area contributed by atoms with E-state index in [1.54, 1.807) is 19.1 Å². The number of nitro benzene ring substituents is 1. The average Bonchev–Trinajstić information content (AvgIpc) is 2.38. The van der Waals surface area contributed by atoms with E-state index in [-0.39, 0.29) is 17.3 Å². The van der Waals surface area contributed by atoms with E-state index in [4.69, 9.17) is 10.6 Å². The van der Waals surface area contributed by atoms with Crippen molar-refractivity contribution in [1.82, 2.24) is 9.97 Å². The van der Waals surface area contributed by atoms with Crippen molar-refractivity contribution in [1.29, 1.82) is 0 Å². The van der Waals surface area contributed by atoms with Gasteiger partial charge in [0.2, 0.25) is 11.6 Å². The number of nitrogens with one attached hydrogen (secondary N) is 1. The number of hydrogen-bond acceptors (Lipinski definition) is 7. The molecule has 3 N–H and O–H groups in total. The van der Waals surface area contributed by atoms with E-state index in [2.05, 4.69) is 15.4 Å². The Kier molecular flexibility index (Phi) is 3.53. The Morgan fingerprint density at radius 3 is 2.89 bits per heavy atom. The predicted octanol–water partition coefficient (Wildman–Crippen LogP) is 1.77. The number of hydrogen-bond donors (Lipinski definition) is 2. The van der Waals surface area contributed by atoms with Crippen molar-refractivity contribution in [2.75, 3.05) is 5.43 Å². The van der Waals surface area contributed by atoms with Gasteiger partial charge in [0.05, 0.1) is 4.92 Å². The topological polar surface area (TPSA) is 116 Å². The number of benzene rings is 1. The summed E-state index contributed by atoms with van der Waals surface area (Å²) in [4.78, 5) is 18.2. The molecule has 0 radical (unpaired) electrons. The first-order valence-corrected chi connectivity index (χ1v) is 5.32. The van der Waals surface area contributed by atoms with Crippen LogP contribution >= 0.6 is 0 Å². The average molecular weight is 261 g/mol. The summed E-state index contributed by atoms with van der Waals surface area (Å²) in [5, 5.41) is 11.0. The van der Waals surface area contributed by atoms with Gasteiger partial charge in [0.25, 0.3) is 0 Å². The highest BCUT2D eigenvalue weighted by atomic mass is 16.6. The Bertz CT molecular complexity index is 617. The monoisotopic (exact) mass is 261 g/mol. The lowest BCUT2D eigenvalue weighted by Gasteiger charge is -2.07. The fourth-order valence-corrected chi connectivity index (χ4v) is 1.54. The van der Waals surface area contributed by atoms with Gasteiger partial charge in [0.1, 0.15) is 12.1 Å². The summed E-state index contributed by atoms with van der Waals surface area (Å²) < 4.78 is 5.41. The standard InChI is InChI=1S/C11H11N5O3/c1-7-3-2-4-8(11(7)16(17)18)19-10-5-9(15-12)13-6-14-10/h2-6H,12H2,1H3,(H,13,14,15). The molecule has 2 aromatic rings. The minimum Gasteiger partial charge on any atom is -0.432 e.